The van der Waals surface area contributed by atoms with Crippen molar-refractivity contribution in [2.45, 2.75) is 31.6 Å². The summed E-state index contributed by atoms with van der Waals surface area (Å²) in [6, 6.07) is 3.22. The van der Waals surface area contributed by atoms with Gasteiger partial charge in [0.2, 0.25) is 10.0 Å². The van der Waals surface area contributed by atoms with Crippen molar-refractivity contribution < 1.29 is 13.2 Å². The second-order valence-corrected chi connectivity index (χ2v) is 8.48. The highest BCUT2D eigenvalue weighted by Gasteiger charge is 2.29. The third-order valence-electron chi connectivity index (χ3n) is 3.97. The molecule has 0 saturated carbocycles. The fourth-order valence-corrected chi connectivity index (χ4v) is 4.26. The Bertz CT molecular complexity index is 625. The number of nitrogens with two attached hydrogens (primary N) is 1. The SMILES string of the molecule is Cc1cc(Br)c(N)cc1S(=O)(=O)NCC1(C)CCOCC1. The van der Waals surface area contributed by atoms with Crippen molar-refractivity contribution in [1.29, 1.82) is 0 Å². The summed E-state index contributed by atoms with van der Waals surface area (Å²) in [6.07, 6.45) is 1.72. The number of hydrogen-bond donors (Lipinski definition) is 2. The third-order valence-corrected chi connectivity index (χ3v) is 6.20. The maximum absolute atomic E-state index is 12.5. The number of anilines is 1. The number of nitrogens with one attached hydrogen (secondary N) is 1. The van der Waals surface area contributed by atoms with Crippen LogP contribution in [-0.2, 0) is 14.8 Å². The van der Waals surface area contributed by atoms with Crippen LogP contribution in [0.4, 0.5) is 5.69 Å². The second-order valence-electron chi connectivity index (χ2n) is 5.89. The number of benzene rings is 1. The molecule has 0 aromatic heterocycles. The minimum atomic E-state index is -3.56. The number of hydrogen-bond acceptors (Lipinski definition) is 4. The van der Waals surface area contributed by atoms with Crippen LogP contribution in [0.3, 0.4) is 0 Å². The van der Waals surface area contributed by atoms with E-state index in [9.17, 15) is 8.42 Å². The van der Waals surface area contributed by atoms with Crippen molar-refractivity contribution >= 4 is 31.6 Å². The lowest BCUT2D eigenvalue weighted by Gasteiger charge is -2.33. The summed E-state index contributed by atoms with van der Waals surface area (Å²) in [5.74, 6) is 0. The number of rotatable bonds is 4. The largest absolute Gasteiger partial charge is 0.398 e. The molecule has 1 aromatic rings. The number of aryl methyl sites for hydroxylation is 1. The maximum Gasteiger partial charge on any atom is 0.240 e. The van der Waals surface area contributed by atoms with E-state index in [0.29, 0.717) is 35.5 Å². The smallest absolute Gasteiger partial charge is 0.240 e. The molecule has 0 unspecified atom stereocenters. The Morgan fingerprint density at radius 3 is 2.62 bits per heavy atom. The van der Waals surface area contributed by atoms with Gasteiger partial charge in [-0.15, -0.1) is 0 Å². The normalized spacial score (nSPS) is 18.6. The van der Waals surface area contributed by atoms with Gasteiger partial charge in [0.25, 0.3) is 0 Å². The first-order valence-electron chi connectivity index (χ1n) is 6.87. The van der Waals surface area contributed by atoms with Gasteiger partial charge in [-0.05, 0) is 58.8 Å². The quantitative estimate of drug-likeness (QED) is 0.790. The van der Waals surface area contributed by atoms with E-state index in [4.69, 9.17) is 10.5 Å². The highest BCUT2D eigenvalue weighted by atomic mass is 79.9. The maximum atomic E-state index is 12.5. The first kappa shape index (κ1) is 16.7. The molecular weight excluding hydrogens is 356 g/mol. The van der Waals surface area contributed by atoms with Crippen LogP contribution in [0.25, 0.3) is 0 Å². The molecule has 3 N–H and O–H groups in total. The van der Waals surface area contributed by atoms with Gasteiger partial charge in [0.1, 0.15) is 0 Å². The van der Waals surface area contributed by atoms with E-state index in [1.807, 2.05) is 0 Å². The summed E-state index contributed by atoms with van der Waals surface area (Å²) >= 11 is 3.30. The van der Waals surface area contributed by atoms with Gasteiger partial charge >= 0.3 is 0 Å². The standard InChI is InChI=1S/C14H21BrN2O3S/c1-10-7-11(15)12(16)8-13(10)21(18,19)17-9-14(2)3-5-20-6-4-14/h7-8,17H,3-6,9,16H2,1-2H3. The van der Waals surface area contributed by atoms with Gasteiger partial charge in [0.05, 0.1) is 4.90 Å². The van der Waals surface area contributed by atoms with Crippen LogP contribution in [0.5, 0.6) is 0 Å². The Morgan fingerprint density at radius 1 is 1.38 bits per heavy atom. The summed E-state index contributed by atoms with van der Waals surface area (Å²) in [5, 5.41) is 0. The number of sulfonamides is 1. The lowest BCUT2D eigenvalue weighted by atomic mass is 9.83. The van der Waals surface area contributed by atoms with Crippen molar-refractivity contribution in [2.75, 3.05) is 25.5 Å². The summed E-state index contributed by atoms with van der Waals surface area (Å²) < 4.78 is 33.7. The Morgan fingerprint density at radius 2 is 2.00 bits per heavy atom. The Balaban J connectivity index is 2.17. The first-order valence-corrected chi connectivity index (χ1v) is 9.14. The summed E-state index contributed by atoms with van der Waals surface area (Å²) in [6.45, 7) is 5.62. The molecule has 5 nitrogen and oxygen atoms in total. The molecular formula is C14H21BrN2O3S. The van der Waals surface area contributed by atoms with E-state index in [1.165, 1.54) is 6.07 Å². The van der Waals surface area contributed by atoms with Crippen molar-refractivity contribution in [1.82, 2.24) is 4.72 Å². The molecule has 0 radical (unpaired) electrons. The van der Waals surface area contributed by atoms with Crippen molar-refractivity contribution in [3.8, 4) is 0 Å². The molecule has 2 rings (SSSR count). The fraction of sp³-hybridized carbons (Fsp3) is 0.571. The van der Waals surface area contributed by atoms with Gasteiger partial charge < -0.3 is 10.5 Å². The molecule has 7 heteroatoms. The van der Waals surface area contributed by atoms with Crippen LogP contribution >= 0.6 is 15.9 Å². The topological polar surface area (TPSA) is 81.4 Å². The van der Waals surface area contributed by atoms with Crippen LogP contribution in [0.15, 0.2) is 21.5 Å². The van der Waals surface area contributed by atoms with Gasteiger partial charge in [-0.3, -0.25) is 0 Å². The minimum absolute atomic E-state index is 0.0554. The van der Waals surface area contributed by atoms with Gasteiger partial charge in [-0.25, -0.2) is 13.1 Å². The lowest BCUT2D eigenvalue weighted by Crippen LogP contribution is -2.39. The summed E-state index contributed by atoms with van der Waals surface area (Å²) in [5.41, 5.74) is 6.82. The van der Waals surface area contributed by atoms with Crippen LogP contribution in [0.2, 0.25) is 0 Å². The molecule has 0 aliphatic carbocycles. The molecule has 1 aromatic carbocycles. The highest BCUT2D eigenvalue weighted by Crippen LogP contribution is 2.30. The molecule has 1 aliphatic rings. The van der Waals surface area contributed by atoms with E-state index < -0.39 is 10.0 Å². The summed E-state index contributed by atoms with van der Waals surface area (Å²) in [7, 11) is -3.56. The number of halogens is 1. The fourth-order valence-electron chi connectivity index (χ4n) is 2.35. The van der Waals surface area contributed by atoms with Crippen LogP contribution in [-0.4, -0.2) is 28.2 Å². The summed E-state index contributed by atoms with van der Waals surface area (Å²) in [4.78, 5) is 0.235. The Hall–Kier alpha value is -0.630. The average molecular weight is 377 g/mol. The molecule has 0 atom stereocenters. The zero-order chi connectivity index (χ0) is 15.7. The van der Waals surface area contributed by atoms with E-state index in [0.717, 1.165) is 12.8 Å². The average Bonchev–Trinajstić information content (AvgIpc) is 2.42. The van der Waals surface area contributed by atoms with Crippen LogP contribution in [0, 0.1) is 12.3 Å². The van der Waals surface area contributed by atoms with Crippen molar-refractivity contribution in [2.24, 2.45) is 5.41 Å². The Labute approximate surface area is 134 Å². The Kier molecular flexibility index (Phi) is 4.97. The molecule has 0 bridgehead atoms. The van der Waals surface area contributed by atoms with E-state index in [-0.39, 0.29) is 10.3 Å². The van der Waals surface area contributed by atoms with Gasteiger partial charge in [0, 0.05) is 29.9 Å². The molecule has 1 saturated heterocycles. The second kappa shape index (κ2) is 6.24. The third kappa shape index (κ3) is 3.97. The van der Waals surface area contributed by atoms with Gasteiger partial charge in [0.15, 0.2) is 0 Å². The number of ether oxygens (including phenoxy) is 1. The van der Waals surface area contributed by atoms with E-state index in [2.05, 4.69) is 27.6 Å². The van der Waals surface area contributed by atoms with E-state index >= 15 is 0 Å². The van der Waals surface area contributed by atoms with Gasteiger partial charge in [-0.2, -0.15) is 0 Å². The monoisotopic (exact) mass is 376 g/mol. The predicted octanol–water partition coefficient (Wildman–Crippen LogP) is 2.43. The number of nitrogen functional groups attached to an aromatic ring is 1. The van der Waals surface area contributed by atoms with Crippen LogP contribution in [0.1, 0.15) is 25.3 Å². The molecule has 0 spiro atoms. The lowest BCUT2D eigenvalue weighted by molar-refractivity contribution is 0.0264. The zero-order valence-electron chi connectivity index (χ0n) is 12.3. The highest BCUT2D eigenvalue weighted by molar-refractivity contribution is 9.10. The minimum Gasteiger partial charge on any atom is -0.398 e. The molecule has 1 fully saturated rings. The van der Waals surface area contributed by atoms with E-state index in [1.54, 1.807) is 13.0 Å². The first-order chi connectivity index (χ1) is 9.73. The molecule has 21 heavy (non-hydrogen) atoms. The molecule has 1 heterocycles. The van der Waals surface area contributed by atoms with Crippen molar-refractivity contribution in [3.63, 3.8) is 0 Å². The van der Waals surface area contributed by atoms with Crippen molar-refractivity contribution in [3.05, 3.63) is 22.2 Å². The molecule has 118 valence electrons. The molecule has 0 amide bonds. The zero-order valence-corrected chi connectivity index (χ0v) is 14.7. The predicted molar refractivity (Wildman–Crippen MR) is 86.6 cm³/mol. The van der Waals surface area contributed by atoms with Crippen LogP contribution < -0.4 is 10.5 Å². The molecule has 1 aliphatic heterocycles. The van der Waals surface area contributed by atoms with Gasteiger partial charge in [-0.1, -0.05) is 6.92 Å².